The molecule has 0 spiro atoms. The highest BCUT2D eigenvalue weighted by Gasteiger charge is 2.34. The molecule has 0 radical (unpaired) electrons. The number of nitrogens with zero attached hydrogens (tertiary/aromatic N) is 1. The molecule has 0 saturated carbocycles. The largest absolute Gasteiger partial charge is 0.497 e. The van der Waals surface area contributed by atoms with E-state index in [2.05, 4.69) is 0 Å². The molecule has 0 fully saturated rings. The summed E-state index contributed by atoms with van der Waals surface area (Å²) in [4.78, 5) is 0. The van der Waals surface area contributed by atoms with Crippen LogP contribution >= 0.6 is 0 Å². The number of rotatable bonds is 6. The number of anilines is 1. The number of fused-ring (bicyclic) bond motifs is 1. The van der Waals surface area contributed by atoms with Crippen LogP contribution in [0.25, 0.3) is 0 Å². The summed E-state index contributed by atoms with van der Waals surface area (Å²) in [6.07, 6.45) is 0.745. The topological polar surface area (TPSA) is 55.8 Å². The van der Waals surface area contributed by atoms with E-state index in [0.29, 0.717) is 5.75 Å². The summed E-state index contributed by atoms with van der Waals surface area (Å²) in [6.45, 7) is 2.04. The maximum Gasteiger partial charge on any atom is 0.238 e. The molecule has 0 aromatic heterocycles. The molecular weight excluding hydrogens is 326 g/mol. The van der Waals surface area contributed by atoms with Gasteiger partial charge < -0.3 is 9.47 Å². The van der Waals surface area contributed by atoms with Gasteiger partial charge >= 0.3 is 0 Å². The Kier molecular flexibility index (Phi) is 4.66. The second-order valence-corrected chi connectivity index (χ2v) is 7.78. The van der Waals surface area contributed by atoms with Crippen molar-refractivity contribution in [2.24, 2.45) is 0 Å². The maximum absolute atomic E-state index is 12.7. The number of ether oxygens (including phenoxy) is 2. The summed E-state index contributed by atoms with van der Waals surface area (Å²) in [6, 6.07) is 14.7. The second-order valence-electron chi connectivity index (χ2n) is 5.82. The molecule has 24 heavy (non-hydrogen) atoms. The highest BCUT2D eigenvalue weighted by Crippen LogP contribution is 2.34. The molecule has 1 atom stereocenters. The molecule has 0 saturated heterocycles. The minimum atomic E-state index is -3.42. The first kappa shape index (κ1) is 16.6. The van der Waals surface area contributed by atoms with Crippen molar-refractivity contribution >= 4 is 15.7 Å². The van der Waals surface area contributed by atoms with Crippen LogP contribution in [0, 0.1) is 0 Å². The van der Waals surface area contributed by atoms with Crippen molar-refractivity contribution in [1.82, 2.24) is 0 Å². The Morgan fingerprint density at radius 1 is 1.08 bits per heavy atom. The standard InChI is InChI=1S/C18H21NO4S/c1-14-13-15-5-3-4-6-18(15)19(14)24(20,21)12-11-23-17-9-7-16(22-2)8-10-17/h3-10,14H,11-13H2,1-2H3. The fourth-order valence-corrected chi connectivity index (χ4v) is 4.59. The lowest BCUT2D eigenvalue weighted by molar-refractivity contribution is 0.339. The molecule has 1 heterocycles. The molecule has 1 aliphatic heterocycles. The minimum absolute atomic E-state index is 0.0578. The van der Waals surface area contributed by atoms with Crippen LogP contribution < -0.4 is 13.8 Å². The van der Waals surface area contributed by atoms with Crippen LogP contribution in [0.15, 0.2) is 48.5 Å². The fourth-order valence-electron chi connectivity index (χ4n) is 3.00. The van der Waals surface area contributed by atoms with Gasteiger partial charge in [0.05, 0.1) is 12.8 Å². The minimum Gasteiger partial charge on any atom is -0.497 e. The molecule has 1 aliphatic rings. The lowest BCUT2D eigenvalue weighted by atomic mass is 10.1. The Balaban J connectivity index is 1.66. The van der Waals surface area contributed by atoms with Gasteiger partial charge in [-0.3, -0.25) is 4.31 Å². The summed E-state index contributed by atoms with van der Waals surface area (Å²) in [5.74, 6) is 1.30. The SMILES string of the molecule is COc1ccc(OCCS(=O)(=O)N2c3ccccc3CC2C)cc1. The van der Waals surface area contributed by atoms with Crippen LogP contribution in [-0.2, 0) is 16.4 Å². The van der Waals surface area contributed by atoms with Crippen molar-refractivity contribution in [2.45, 2.75) is 19.4 Å². The van der Waals surface area contributed by atoms with Gasteiger partial charge in [-0.2, -0.15) is 0 Å². The van der Waals surface area contributed by atoms with Gasteiger partial charge in [0.15, 0.2) is 0 Å². The van der Waals surface area contributed by atoms with Gasteiger partial charge in [-0.05, 0) is 49.2 Å². The molecule has 2 aromatic carbocycles. The number of methoxy groups -OCH3 is 1. The lowest BCUT2D eigenvalue weighted by Gasteiger charge is -2.24. The first-order chi connectivity index (χ1) is 11.5. The highest BCUT2D eigenvalue weighted by molar-refractivity contribution is 7.92. The van der Waals surface area contributed by atoms with Crippen molar-refractivity contribution in [1.29, 1.82) is 0 Å². The van der Waals surface area contributed by atoms with E-state index in [9.17, 15) is 8.42 Å². The van der Waals surface area contributed by atoms with Crippen LogP contribution in [0.4, 0.5) is 5.69 Å². The van der Waals surface area contributed by atoms with E-state index >= 15 is 0 Å². The number of sulfonamides is 1. The molecule has 5 nitrogen and oxygen atoms in total. The summed E-state index contributed by atoms with van der Waals surface area (Å²) >= 11 is 0. The summed E-state index contributed by atoms with van der Waals surface area (Å²) in [7, 11) is -1.83. The lowest BCUT2D eigenvalue weighted by Crippen LogP contribution is -2.38. The third-order valence-corrected chi connectivity index (χ3v) is 5.95. The number of para-hydroxylation sites is 1. The molecule has 2 aromatic rings. The van der Waals surface area contributed by atoms with Crippen molar-refractivity contribution in [3.63, 3.8) is 0 Å². The highest BCUT2D eigenvalue weighted by atomic mass is 32.2. The quantitative estimate of drug-likeness (QED) is 0.806. The van der Waals surface area contributed by atoms with Gasteiger partial charge in [0.25, 0.3) is 0 Å². The van der Waals surface area contributed by atoms with E-state index in [1.54, 1.807) is 31.4 Å². The monoisotopic (exact) mass is 347 g/mol. The summed E-state index contributed by atoms with van der Waals surface area (Å²) < 4.78 is 37.6. The van der Waals surface area contributed by atoms with Crippen molar-refractivity contribution < 1.29 is 17.9 Å². The molecular formula is C18H21NO4S. The molecule has 1 unspecified atom stereocenters. The van der Waals surface area contributed by atoms with Gasteiger partial charge in [-0.25, -0.2) is 8.42 Å². The molecule has 0 amide bonds. The third-order valence-electron chi connectivity index (χ3n) is 4.11. The summed E-state index contributed by atoms with van der Waals surface area (Å²) in [5.41, 5.74) is 1.86. The third kappa shape index (κ3) is 3.33. The molecule has 0 bridgehead atoms. The Hall–Kier alpha value is -2.21. The molecule has 0 N–H and O–H groups in total. The first-order valence-corrected chi connectivity index (χ1v) is 9.49. The molecule has 0 aliphatic carbocycles. The van der Waals surface area contributed by atoms with E-state index in [1.807, 2.05) is 31.2 Å². The second kappa shape index (κ2) is 6.73. The average molecular weight is 347 g/mol. The van der Waals surface area contributed by atoms with Crippen LogP contribution in [-0.4, -0.2) is 33.9 Å². The average Bonchev–Trinajstić information content (AvgIpc) is 2.92. The Morgan fingerprint density at radius 2 is 1.75 bits per heavy atom. The maximum atomic E-state index is 12.7. The van der Waals surface area contributed by atoms with Crippen molar-refractivity contribution in [3.05, 3.63) is 54.1 Å². The van der Waals surface area contributed by atoms with E-state index in [4.69, 9.17) is 9.47 Å². The zero-order valence-electron chi connectivity index (χ0n) is 13.8. The van der Waals surface area contributed by atoms with Gasteiger partial charge in [-0.1, -0.05) is 18.2 Å². The first-order valence-electron chi connectivity index (χ1n) is 7.88. The van der Waals surface area contributed by atoms with E-state index < -0.39 is 10.0 Å². The smallest absolute Gasteiger partial charge is 0.238 e. The van der Waals surface area contributed by atoms with Gasteiger partial charge in [0.2, 0.25) is 10.0 Å². The van der Waals surface area contributed by atoms with Gasteiger partial charge in [-0.15, -0.1) is 0 Å². The number of benzene rings is 2. The zero-order valence-corrected chi connectivity index (χ0v) is 14.6. The van der Waals surface area contributed by atoms with Crippen molar-refractivity contribution in [3.8, 4) is 11.5 Å². The fraction of sp³-hybridized carbons (Fsp3) is 0.333. The predicted molar refractivity (Wildman–Crippen MR) is 94.4 cm³/mol. The number of hydrogen-bond acceptors (Lipinski definition) is 4. The van der Waals surface area contributed by atoms with Crippen LogP contribution in [0.1, 0.15) is 12.5 Å². The van der Waals surface area contributed by atoms with Crippen LogP contribution in [0.2, 0.25) is 0 Å². The molecule has 128 valence electrons. The van der Waals surface area contributed by atoms with E-state index in [0.717, 1.165) is 23.4 Å². The zero-order chi connectivity index (χ0) is 17.2. The van der Waals surface area contributed by atoms with Gasteiger partial charge in [0, 0.05) is 6.04 Å². The molecule has 3 rings (SSSR count). The normalized spacial score (nSPS) is 16.8. The van der Waals surface area contributed by atoms with Gasteiger partial charge in [0.1, 0.15) is 23.9 Å². The number of hydrogen-bond donors (Lipinski definition) is 0. The Bertz CT molecular complexity index is 802. The Morgan fingerprint density at radius 3 is 2.46 bits per heavy atom. The molecule has 6 heteroatoms. The summed E-state index contributed by atoms with van der Waals surface area (Å²) in [5, 5.41) is 0. The van der Waals surface area contributed by atoms with E-state index in [1.165, 1.54) is 4.31 Å². The van der Waals surface area contributed by atoms with Crippen molar-refractivity contribution in [2.75, 3.05) is 23.8 Å². The van der Waals surface area contributed by atoms with Crippen LogP contribution in [0.3, 0.4) is 0 Å². The Labute approximate surface area is 142 Å². The van der Waals surface area contributed by atoms with Crippen LogP contribution in [0.5, 0.6) is 11.5 Å². The predicted octanol–water partition coefficient (Wildman–Crippen LogP) is 2.86. The van der Waals surface area contributed by atoms with E-state index in [-0.39, 0.29) is 18.4 Å².